The summed E-state index contributed by atoms with van der Waals surface area (Å²) in [5, 5.41) is 9.86. The summed E-state index contributed by atoms with van der Waals surface area (Å²) in [6, 6.07) is 8.64. The molecule has 2 atom stereocenters. The average Bonchev–Trinajstić information content (AvgIpc) is 2.61. The van der Waals surface area contributed by atoms with E-state index in [1.807, 2.05) is 12.1 Å². The van der Waals surface area contributed by atoms with Crippen LogP contribution in [0.1, 0.15) is 49.8 Å². The highest BCUT2D eigenvalue weighted by molar-refractivity contribution is 5.78. The lowest BCUT2D eigenvalue weighted by Crippen LogP contribution is -2.49. The highest BCUT2D eigenvalue weighted by Gasteiger charge is 2.31. The van der Waals surface area contributed by atoms with Gasteiger partial charge < -0.3 is 10.0 Å². The second-order valence-electron chi connectivity index (χ2n) is 6.76. The molecule has 0 bridgehead atoms. The molecule has 1 saturated heterocycles. The van der Waals surface area contributed by atoms with E-state index in [1.165, 1.54) is 17.5 Å². The van der Waals surface area contributed by atoms with E-state index in [-0.39, 0.29) is 18.6 Å². The third-order valence-corrected chi connectivity index (χ3v) is 5.45. The van der Waals surface area contributed by atoms with Gasteiger partial charge in [-0.3, -0.25) is 9.69 Å². The summed E-state index contributed by atoms with van der Waals surface area (Å²) >= 11 is 0. The van der Waals surface area contributed by atoms with Crippen LogP contribution in [0.5, 0.6) is 0 Å². The maximum absolute atomic E-state index is 12.8. The third-order valence-electron chi connectivity index (χ3n) is 5.45. The zero-order valence-electron chi connectivity index (χ0n) is 14.1. The maximum atomic E-state index is 12.8. The number of aliphatic hydroxyl groups excluding tert-OH is 1. The molecule has 0 aliphatic carbocycles. The molecule has 1 fully saturated rings. The number of benzene rings is 1. The largest absolute Gasteiger partial charge is 0.394 e. The summed E-state index contributed by atoms with van der Waals surface area (Å²) in [4.78, 5) is 17.1. The first-order valence-corrected chi connectivity index (χ1v) is 8.96. The number of amides is 1. The van der Waals surface area contributed by atoms with Crippen molar-refractivity contribution in [3.63, 3.8) is 0 Å². The molecule has 0 spiro atoms. The number of hydrogen-bond donors (Lipinski definition) is 1. The van der Waals surface area contributed by atoms with Gasteiger partial charge in [0.1, 0.15) is 0 Å². The van der Waals surface area contributed by atoms with Gasteiger partial charge in [-0.1, -0.05) is 31.2 Å². The van der Waals surface area contributed by atoms with Gasteiger partial charge in [-0.15, -0.1) is 0 Å². The number of nitrogens with zero attached hydrogens (tertiary/aromatic N) is 2. The van der Waals surface area contributed by atoms with Crippen LogP contribution in [0.2, 0.25) is 0 Å². The van der Waals surface area contributed by atoms with Crippen molar-refractivity contribution in [3.8, 4) is 0 Å². The minimum Gasteiger partial charge on any atom is -0.394 e. The minimum absolute atomic E-state index is 0.0474. The summed E-state index contributed by atoms with van der Waals surface area (Å²) in [7, 11) is 0. The van der Waals surface area contributed by atoms with Crippen molar-refractivity contribution in [2.24, 2.45) is 0 Å². The quantitative estimate of drug-likeness (QED) is 0.927. The Hall–Kier alpha value is -1.39. The molecule has 1 aromatic rings. The lowest BCUT2D eigenvalue weighted by Gasteiger charge is -2.40. The van der Waals surface area contributed by atoms with E-state index in [0.29, 0.717) is 12.6 Å². The van der Waals surface area contributed by atoms with Crippen LogP contribution in [0, 0.1) is 0 Å². The molecule has 126 valence electrons. The number of rotatable bonds is 4. The Morgan fingerprint density at radius 3 is 2.87 bits per heavy atom. The summed E-state index contributed by atoms with van der Waals surface area (Å²) in [5.41, 5.74) is 2.49. The van der Waals surface area contributed by atoms with Gasteiger partial charge in [0.2, 0.25) is 5.91 Å². The molecule has 2 aliphatic heterocycles. The van der Waals surface area contributed by atoms with Crippen LogP contribution in [0.4, 0.5) is 0 Å². The zero-order chi connectivity index (χ0) is 16.2. The highest BCUT2D eigenvalue weighted by Crippen LogP contribution is 2.29. The number of carbonyl (C=O) groups excluding carboxylic acids is 1. The SMILES string of the molecule is CCC1CCCCN1C(=O)CN1CCc2ccccc2C1CO. The fraction of sp³-hybridized carbons (Fsp3) is 0.632. The van der Waals surface area contributed by atoms with Gasteiger partial charge in [0.05, 0.1) is 19.2 Å². The Balaban J connectivity index is 1.71. The Kier molecular flexibility index (Phi) is 5.34. The van der Waals surface area contributed by atoms with Gasteiger partial charge in [-0.2, -0.15) is 0 Å². The molecule has 0 saturated carbocycles. The summed E-state index contributed by atoms with van der Waals surface area (Å²) in [5.74, 6) is 0.231. The normalized spacial score (nSPS) is 25.2. The van der Waals surface area contributed by atoms with E-state index in [9.17, 15) is 9.90 Å². The van der Waals surface area contributed by atoms with Crippen LogP contribution in [0.3, 0.4) is 0 Å². The van der Waals surface area contributed by atoms with Crippen LogP contribution in [0.25, 0.3) is 0 Å². The van der Waals surface area contributed by atoms with Crippen LogP contribution in [-0.4, -0.2) is 53.1 Å². The minimum atomic E-state index is -0.0474. The van der Waals surface area contributed by atoms with Crippen LogP contribution in [-0.2, 0) is 11.2 Å². The van der Waals surface area contributed by atoms with Crippen LogP contribution in [0.15, 0.2) is 24.3 Å². The van der Waals surface area contributed by atoms with Crippen molar-refractivity contribution < 1.29 is 9.90 Å². The monoisotopic (exact) mass is 316 g/mol. The number of carbonyl (C=O) groups is 1. The molecular formula is C19H28N2O2. The van der Waals surface area contributed by atoms with Crippen molar-refractivity contribution in [2.75, 3.05) is 26.2 Å². The molecular weight excluding hydrogens is 288 g/mol. The molecule has 3 rings (SSSR count). The van der Waals surface area contributed by atoms with E-state index < -0.39 is 0 Å². The first kappa shape index (κ1) is 16.5. The lowest BCUT2D eigenvalue weighted by molar-refractivity contribution is -0.137. The Morgan fingerprint density at radius 1 is 1.26 bits per heavy atom. The topological polar surface area (TPSA) is 43.8 Å². The number of fused-ring (bicyclic) bond motifs is 1. The van der Waals surface area contributed by atoms with E-state index in [1.54, 1.807) is 0 Å². The Morgan fingerprint density at radius 2 is 2.09 bits per heavy atom. The molecule has 23 heavy (non-hydrogen) atoms. The number of hydrogen-bond acceptors (Lipinski definition) is 3. The molecule has 0 radical (unpaired) electrons. The van der Waals surface area contributed by atoms with Gasteiger partial charge >= 0.3 is 0 Å². The van der Waals surface area contributed by atoms with Gasteiger partial charge in [0.15, 0.2) is 0 Å². The van der Waals surface area contributed by atoms with Gasteiger partial charge in [-0.25, -0.2) is 0 Å². The van der Waals surface area contributed by atoms with Crippen LogP contribution >= 0.6 is 0 Å². The summed E-state index contributed by atoms with van der Waals surface area (Å²) in [6.45, 7) is 4.41. The molecule has 1 amide bonds. The second-order valence-corrected chi connectivity index (χ2v) is 6.76. The number of piperidine rings is 1. The van der Waals surface area contributed by atoms with Crippen molar-refractivity contribution in [1.29, 1.82) is 0 Å². The molecule has 1 aromatic carbocycles. The zero-order valence-corrected chi connectivity index (χ0v) is 14.1. The van der Waals surface area contributed by atoms with Crippen molar-refractivity contribution >= 4 is 5.91 Å². The predicted molar refractivity (Wildman–Crippen MR) is 91.2 cm³/mol. The molecule has 2 heterocycles. The fourth-order valence-electron chi connectivity index (χ4n) is 4.12. The predicted octanol–water partition coefficient (Wildman–Crippen LogP) is 2.37. The molecule has 1 N–H and O–H groups in total. The first-order valence-electron chi connectivity index (χ1n) is 8.96. The molecule has 2 unspecified atom stereocenters. The fourth-order valence-corrected chi connectivity index (χ4v) is 4.12. The standard InChI is InChI=1S/C19H28N2O2/c1-2-16-8-5-6-11-21(16)19(23)13-20-12-10-15-7-3-4-9-17(15)18(20)14-22/h3-4,7,9,16,18,22H,2,5-6,8,10-14H2,1H3. The van der Waals surface area contributed by atoms with Crippen LogP contribution < -0.4 is 0 Å². The first-order chi connectivity index (χ1) is 11.2. The maximum Gasteiger partial charge on any atom is 0.237 e. The molecule has 4 heteroatoms. The third kappa shape index (κ3) is 3.43. The molecule has 2 aliphatic rings. The van der Waals surface area contributed by atoms with E-state index in [4.69, 9.17) is 0 Å². The summed E-state index contributed by atoms with van der Waals surface area (Å²) in [6.07, 6.45) is 5.48. The lowest BCUT2D eigenvalue weighted by atomic mass is 9.93. The number of aliphatic hydroxyl groups is 1. The Labute approximate surface area is 139 Å². The van der Waals surface area contributed by atoms with Crippen molar-refractivity contribution in [1.82, 2.24) is 9.80 Å². The van der Waals surface area contributed by atoms with Gasteiger partial charge in [0, 0.05) is 19.1 Å². The van der Waals surface area contributed by atoms with Gasteiger partial charge in [0.25, 0.3) is 0 Å². The van der Waals surface area contributed by atoms with Crippen molar-refractivity contribution in [2.45, 2.75) is 51.1 Å². The Bertz CT molecular complexity index is 546. The second kappa shape index (κ2) is 7.45. The van der Waals surface area contributed by atoms with E-state index in [0.717, 1.165) is 38.8 Å². The number of likely N-dealkylation sites (tertiary alicyclic amines) is 1. The van der Waals surface area contributed by atoms with E-state index >= 15 is 0 Å². The summed E-state index contributed by atoms with van der Waals surface area (Å²) < 4.78 is 0. The average molecular weight is 316 g/mol. The highest BCUT2D eigenvalue weighted by atomic mass is 16.3. The molecule has 4 nitrogen and oxygen atoms in total. The van der Waals surface area contributed by atoms with Gasteiger partial charge in [-0.05, 0) is 43.2 Å². The van der Waals surface area contributed by atoms with Crippen molar-refractivity contribution in [3.05, 3.63) is 35.4 Å². The molecule has 0 aromatic heterocycles. The smallest absolute Gasteiger partial charge is 0.237 e. The van der Waals surface area contributed by atoms with E-state index in [2.05, 4.69) is 28.9 Å².